The lowest BCUT2D eigenvalue weighted by Crippen LogP contribution is -2.12. The summed E-state index contributed by atoms with van der Waals surface area (Å²) in [4.78, 5) is 4.30. The molecule has 0 aliphatic rings. The summed E-state index contributed by atoms with van der Waals surface area (Å²) in [6.45, 7) is 1.51. The van der Waals surface area contributed by atoms with Gasteiger partial charge >= 0.3 is 0 Å². The van der Waals surface area contributed by atoms with E-state index in [1.807, 2.05) is 12.1 Å². The van der Waals surface area contributed by atoms with Gasteiger partial charge in [-0.25, -0.2) is 4.39 Å². The molecule has 0 amide bonds. The van der Waals surface area contributed by atoms with Crippen LogP contribution in [0, 0.1) is 5.82 Å². The Morgan fingerprint density at radius 1 is 0.900 bits per heavy atom. The molecule has 1 N–H and O–H groups in total. The fourth-order valence-electron chi connectivity index (χ4n) is 2.19. The van der Waals surface area contributed by atoms with E-state index in [4.69, 9.17) is 0 Å². The van der Waals surface area contributed by atoms with E-state index in [-0.39, 0.29) is 5.82 Å². The van der Waals surface area contributed by atoms with Gasteiger partial charge in [-0.3, -0.25) is 4.98 Å². The minimum absolute atomic E-state index is 0.198. The molecule has 0 fully saturated rings. The standard InChI is InChI=1S/C17H15FN2/c18-16-6-3-13(4-7-16)11-19-12-14-5-8-17-15(10-14)2-1-9-20-17/h1-10,19H,11-12H2. The van der Waals surface area contributed by atoms with Crippen molar-refractivity contribution in [3.8, 4) is 0 Å². The average Bonchev–Trinajstić information content (AvgIpc) is 2.49. The fraction of sp³-hybridized carbons (Fsp3) is 0.118. The van der Waals surface area contributed by atoms with Crippen LogP contribution in [-0.2, 0) is 13.1 Å². The van der Waals surface area contributed by atoms with Gasteiger partial charge < -0.3 is 5.32 Å². The summed E-state index contributed by atoms with van der Waals surface area (Å²) in [6.07, 6.45) is 1.80. The van der Waals surface area contributed by atoms with E-state index in [9.17, 15) is 4.39 Å². The van der Waals surface area contributed by atoms with Crippen LogP contribution in [0.1, 0.15) is 11.1 Å². The van der Waals surface area contributed by atoms with Crippen molar-refractivity contribution in [2.45, 2.75) is 13.1 Å². The molecule has 0 unspecified atom stereocenters. The zero-order valence-electron chi connectivity index (χ0n) is 11.0. The van der Waals surface area contributed by atoms with Gasteiger partial charge in [0, 0.05) is 24.7 Å². The average molecular weight is 266 g/mol. The van der Waals surface area contributed by atoms with E-state index in [1.165, 1.54) is 17.7 Å². The molecular weight excluding hydrogens is 251 g/mol. The summed E-state index contributed by atoms with van der Waals surface area (Å²) in [6, 6.07) is 16.8. The molecule has 3 rings (SSSR count). The molecule has 1 heterocycles. The largest absolute Gasteiger partial charge is 0.309 e. The second-order valence-corrected chi connectivity index (χ2v) is 4.76. The molecule has 3 aromatic rings. The number of hydrogen-bond acceptors (Lipinski definition) is 2. The Bertz CT molecular complexity index is 708. The molecule has 100 valence electrons. The quantitative estimate of drug-likeness (QED) is 0.779. The molecule has 0 saturated carbocycles. The Hall–Kier alpha value is -2.26. The molecule has 0 spiro atoms. The number of pyridine rings is 1. The zero-order valence-corrected chi connectivity index (χ0v) is 11.0. The van der Waals surface area contributed by atoms with Crippen LogP contribution in [0.3, 0.4) is 0 Å². The monoisotopic (exact) mass is 266 g/mol. The predicted molar refractivity (Wildman–Crippen MR) is 78.7 cm³/mol. The highest BCUT2D eigenvalue weighted by Gasteiger charge is 1.98. The van der Waals surface area contributed by atoms with Gasteiger partial charge in [0.1, 0.15) is 5.82 Å². The minimum Gasteiger partial charge on any atom is -0.309 e. The lowest BCUT2D eigenvalue weighted by atomic mass is 10.1. The van der Waals surface area contributed by atoms with Gasteiger partial charge in [-0.1, -0.05) is 24.3 Å². The highest BCUT2D eigenvalue weighted by Crippen LogP contribution is 2.13. The van der Waals surface area contributed by atoms with Crippen molar-refractivity contribution in [1.29, 1.82) is 0 Å². The van der Waals surface area contributed by atoms with E-state index < -0.39 is 0 Å². The Morgan fingerprint density at radius 2 is 1.65 bits per heavy atom. The summed E-state index contributed by atoms with van der Waals surface area (Å²) >= 11 is 0. The molecule has 0 radical (unpaired) electrons. The maximum absolute atomic E-state index is 12.8. The van der Waals surface area contributed by atoms with E-state index >= 15 is 0 Å². The van der Waals surface area contributed by atoms with Gasteiger partial charge in [0.2, 0.25) is 0 Å². The van der Waals surface area contributed by atoms with Gasteiger partial charge in [-0.05, 0) is 41.5 Å². The van der Waals surface area contributed by atoms with Crippen LogP contribution < -0.4 is 5.32 Å². The van der Waals surface area contributed by atoms with Gasteiger partial charge in [0.15, 0.2) is 0 Å². The number of fused-ring (bicyclic) bond motifs is 1. The number of nitrogens with zero attached hydrogens (tertiary/aromatic N) is 1. The SMILES string of the molecule is Fc1ccc(CNCc2ccc3ncccc3c2)cc1. The first-order valence-corrected chi connectivity index (χ1v) is 6.60. The molecule has 2 aromatic carbocycles. The van der Waals surface area contributed by atoms with Crippen LogP contribution in [0.2, 0.25) is 0 Å². The van der Waals surface area contributed by atoms with Crippen LogP contribution in [0.5, 0.6) is 0 Å². The zero-order chi connectivity index (χ0) is 13.8. The third kappa shape index (κ3) is 3.00. The lowest BCUT2D eigenvalue weighted by Gasteiger charge is -2.06. The number of rotatable bonds is 4. The van der Waals surface area contributed by atoms with Crippen molar-refractivity contribution in [3.63, 3.8) is 0 Å². The summed E-state index contributed by atoms with van der Waals surface area (Å²) < 4.78 is 12.8. The molecule has 2 nitrogen and oxygen atoms in total. The maximum Gasteiger partial charge on any atom is 0.123 e. The Morgan fingerprint density at radius 3 is 2.50 bits per heavy atom. The first-order chi connectivity index (χ1) is 9.81. The van der Waals surface area contributed by atoms with Crippen LogP contribution in [-0.4, -0.2) is 4.98 Å². The number of aromatic nitrogens is 1. The summed E-state index contributed by atoms with van der Waals surface area (Å²) in [5.74, 6) is -0.198. The van der Waals surface area contributed by atoms with Crippen LogP contribution in [0.4, 0.5) is 4.39 Å². The van der Waals surface area contributed by atoms with Crippen molar-refractivity contribution in [3.05, 3.63) is 77.7 Å². The molecule has 20 heavy (non-hydrogen) atoms. The summed E-state index contributed by atoms with van der Waals surface area (Å²) in [5.41, 5.74) is 3.30. The third-order valence-electron chi connectivity index (χ3n) is 3.24. The van der Waals surface area contributed by atoms with Gasteiger partial charge in [-0.15, -0.1) is 0 Å². The number of nitrogens with one attached hydrogen (secondary N) is 1. The molecule has 3 heteroatoms. The maximum atomic E-state index is 12.8. The second kappa shape index (κ2) is 5.80. The van der Waals surface area contributed by atoms with Crippen LogP contribution >= 0.6 is 0 Å². The fourth-order valence-corrected chi connectivity index (χ4v) is 2.19. The van der Waals surface area contributed by atoms with Gasteiger partial charge in [0.25, 0.3) is 0 Å². The predicted octanol–water partition coefficient (Wildman–Crippen LogP) is 3.66. The van der Waals surface area contributed by atoms with Crippen molar-refractivity contribution in [1.82, 2.24) is 10.3 Å². The van der Waals surface area contributed by atoms with Crippen molar-refractivity contribution in [2.24, 2.45) is 0 Å². The smallest absolute Gasteiger partial charge is 0.123 e. The van der Waals surface area contributed by atoms with Gasteiger partial charge in [-0.2, -0.15) is 0 Å². The molecule has 0 aliphatic heterocycles. The van der Waals surface area contributed by atoms with Crippen molar-refractivity contribution >= 4 is 10.9 Å². The van der Waals surface area contributed by atoms with Crippen LogP contribution in [0.15, 0.2) is 60.8 Å². The van der Waals surface area contributed by atoms with Crippen LogP contribution in [0.25, 0.3) is 10.9 Å². The number of halogens is 1. The van der Waals surface area contributed by atoms with Crippen molar-refractivity contribution in [2.75, 3.05) is 0 Å². The van der Waals surface area contributed by atoms with Gasteiger partial charge in [0.05, 0.1) is 5.52 Å². The molecular formula is C17H15FN2. The topological polar surface area (TPSA) is 24.9 Å². The molecule has 0 saturated heterocycles. The highest BCUT2D eigenvalue weighted by atomic mass is 19.1. The van der Waals surface area contributed by atoms with E-state index in [1.54, 1.807) is 18.3 Å². The highest BCUT2D eigenvalue weighted by molar-refractivity contribution is 5.78. The lowest BCUT2D eigenvalue weighted by molar-refractivity contribution is 0.625. The minimum atomic E-state index is -0.198. The summed E-state index contributed by atoms with van der Waals surface area (Å²) in [7, 11) is 0. The second-order valence-electron chi connectivity index (χ2n) is 4.76. The molecule has 0 atom stereocenters. The first kappa shape index (κ1) is 12.8. The molecule has 0 aliphatic carbocycles. The number of benzene rings is 2. The normalized spacial score (nSPS) is 10.8. The first-order valence-electron chi connectivity index (χ1n) is 6.60. The number of hydrogen-bond donors (Lipinski definition) is 1. The Kier molecular flexibility index (Phi) is 3.70. The third-order valence-corrected chi connectivity index (χ3v) is 3.24. The van der Waals surface area contributed by atoms with E-state index in [0.29, 0.717) is 0 Å². The molecule has 1 aromatic heterocycles. The van der Waals surface area contributed by atoms with Crippen molar-refractivity contribution < 1.29 is 4.39 Å². The van der Waals surface area contributed by atoms with E-state index in [0.717, 1.165) is 29.6 Å². The van der Waals surface area contributed by atoms with E-state index in [2.05, 4.69) is 28.5 Å². The summed E-state index contributed by atoms with van der Waals surface area (Å²) in [5, 5.41) is 4.51. The Labute approximate surface area is 117 Å². The Balaban J connectivity index is 1.63. The molecule has 0 bridgehead atoms.